The number of nitrogens with zero attached hydrogens (tertiary/aromatic N) is 5. The van der Waals surface area contributed by atoms with Gasteiger partial charge in [-0.2, -0.15) is 4.98 Å². The van der Waals surface area contributed by atoms with Crippen molar-refractivity contribution in [2.45, 2.75) is 11.8 Å². The maximum atomic E-state index is 12.1. The SMILES string of the molecule is CCS(=O)(=O)c1ccc(-c2cccc(N(C)c3nc4nncn4c4cc(Cl)ccc34)c2)cc1. The Morgan fingerprint density at radius 1 is 1.00 bits per heavy atom. The fraction of sp³-hybridized carbons (Fsp3) is 0.125. The predicted octanol–water partition coefficient (Wildman–Crippen LogP) is 5.16. The molecule has 0 N–H and O–H groups in total. The number of anilines is 2. The smallest absolute Gasteiger partial charge is 0.257 e. The third kappa shape index (κ3) is 3.81. The molecular weight excluding hydrogens is 458 g/mol. The highest BCUT2D eigenvalue weighted by Crippen LogP contribution is 2.33. The Kier molecular flexibility index (Phi) is 5.26. The van der Waals surface area contributed by atoms with Crippen LogP contribution in [0.1, 0.15) is 6.92 Å². The first-order chi connectivity index (χ1) is 15.9. The van der Waals surface area contributed by atoms with Gasteiger partial charge in [0, 0.05) is 23.1 Å². The summed E-state index contributed by atoms with van der Waals surface area (Å²) >= 11 is 6.25. The van der Waals surface area contributed by atoms with Gasteiger partial charge in [0.05, 0.1) is 16.2 Å². The average molecular weight is 478 g/mol. The Labute approximate surface area is 196 Å². The topological polar surface area (TPSA) is 80.5 Å². The van der Waals surface area contributed by atoms with Gasteiger partial charge in [0.25, 0.3) is 5.78 Å². The molecule has 0 saturated carbocycles. The minimum Gasteiger partial charge on any atom is -0.329 e. The minimum absolute atomic E-state index is 0.0786. The average Bonchev–Trinajstić information content (AvgIpc) is 3.32. The molecule has 9 heteroatoms. The Bertz CT molecular complexity index is 1600. The number of hydrogen-bond donors (Lipinski definition) is 0. The van der Waals surface area contributed by atoms with Crippen LogP contribution in [0.25, 0.3) is 27.8 Å². The second-order valence-corrected chi connectivity index (χ2v) is 10.3. The van der Waals surface area contributed by atoms with E-state index in [1.165, 1.54) is 0 Å². The van der Waals surface area contributed by atoms with Gasteiger partial charge in [0.15, 0.2) is 9.84 Å². The Hall–Kier alpha value is -3.49. The van der Waals surface area contributed by atoms with Crippen molar-refractivity contribution in [1.29, 1.82) is 0 Å². The van der Waals surface area contributed by atoms with E-state index in [2.05, 4.69) is 10.2 Å². The highest BCUT2D eigenvalue weighted by Gasteiger charge is 2.16. The lowest BCUT2D eigenvalue weighted by Crippen LogP contribution is -2.13. The van der Waals surface area contributed by atoms with Gasteiger partial charge in [0.1, 0.15) is 12.1 Å². The Balaban J connectivity index is 1.57. The summed E-state index contributed by atoms with van der Waals surface area (Å²) in [6.07, 6.45) is 1.62. The summed E-state index contributed by atoms with van der Waals surface area (Å²) in [6.45, 7) is 1.64. The van der Waals surface area contributed by atoms with Gasteiger partial charge in [-0.3, -0.25) is 4.40 Å². The molecule has 0 aliphatic heterocycles. The Morgan fingerprint density at radius 3 is 2.55 bits per heavy atom. The molecule has 7 nitrogen and oxygen atoms in total. The maximum Gasteiger partial charge on any atom is 0.257 e. The number of fused-ring (bicyclic) bond motifs is 3. The molecule has 0 unspecified atom stereocenters. The molecule has 3 aromatic carbocycles. The van der Waals surface area contributed by atoms with Gasteiger partial charge >= 0.3 is 0 Å². The standard InChI is InChI=1S/C24H20ClN5O2S/c1-3-33(31,32)20-10-7-16(8-11-20)17-5-4-6-19(13-17)29(2)23-21-12-9-18(25)14-22(21)30-15-26-28-24(30)27-23/h4-15H,3H2,1-2H3. The molecule has 0 radical (unpaired) electrons. The van der Waals surface area contributed by atoms with Crippen LogP contribution in [0.5, 0.6) is 0 Å². The van der Waals surface area contributed by atoms with Gasteiger partial charge in [-0.25, -0.2) is 8.42 Å². The van der Waals surface area contributed by atoms with Crippen molar-refractivity contribution >= 4 is 49.6 Å². The Morgan fingerprint density at radius 2 is 1.79 bits per heavy atom. The zero-order chi connectivity index (χ0) is 23.2. The van der Waals surface area contributed by atoms with Crippen LogP contribution in [0.4, 0.5) is 11.5 Å². The van der Waals surface area contributed by atoms with Crippen LogP contribution in [-0.4, -0.2) is 40.8 Å². The first kappa shape index (κ1) is 21.4. The second kappa shape index (κ2) is 8.13. The third-order valence-electron chi connectivity index (χ3n) is 5.67. The number of halogens is 1. The lowest BCUT2D eigenvalue weighted by Gasteiger charge is -2.21. The number of sulfone groups is 1. The van der Waals surface area contributed by atoms with Crippen LogP contribution in [0.15, 0.2) is 78.0 Å². The number of benzene rings is 3. The van der Waals surface area contributed by atoms with E-state index in [1.807, 2.05) is 66.5 Å². The van der Waals surface area contributed by atoms with E-state index in [-0.39, 0.29) is 5.75 Å². The van der Waals surface area contributed by atoms with E-state index in [4.69, 9.17) is 16.6 Å². The van der Waals surface area contributed by atoms with Gasteiger partial charge in [-0.05, 0) is 53.6 Å². The van der Waals surface area contributed by atoms with Crippen LogP contribution in [0.3, 0.4) is 0 Å². The first-order valence-corrected chi connectivity index (χ1v) is 12.4. The molecule has 0 fully saturated rings. The summed E-state index contributed by atoms with van der Waals surface area (Å²) in [5.41, 5.74) is 3.68. The molecular formula is C24H20ClN5O2S. The fourth-order valence-corrected chi connectivity index (χ4v) is 4.87. The van der Waals surface area contributed by atoms with E-state index in [1.54, 1.807) is 29.8 Å². The largest absolute Gasteiger partial charge is 0.329 e. The maximum absolute atomic E-state index is 12.1. The number of rotatable bonds is 5. The van der Waals surface area contributed by atoms with Crippen molar-refractivity contribution in [1.82, 2.24) is 19.6 Å². The van der Waals surface area contributed by atoms with Crippen molar-refractivity contribution in [2.75, 3.05) is 17.7 Å². The molecule has 0 amide bonds. The number of hydrogen-bond acceptors (Lipinski definition) is 6. The molecule has 0 aliphatic rings. The summed E-state index contributed by atoms with van der Waals surface area (Å²) < 4.78 is 26.0. The molecule has 166 valence electrons. The van der Waals surface area contributed by atoms with Crippen molar-refractivity contribution in [2.24, 2.45) is 0 Å². The summed E-state index contributed by atoms with van der Waals surface area (Å²) in [6, 6.07) is 20.6. The van der Waals surface area contributed by atoms with E-state index in [0.29, 0.717) is 15.7 Å². The van der Waals surface area contributed by atoms with Crippen LogP contribution < -0.4 is 4.90 Å². The van der Waals surface area contributed by atoms with Gasteiger partial charge in [-0.15, -0.1) is 10.2 Å². The van der Waals surface area contributed by atoms with Crippen LogP contribution in [-0.2, 0) is 9.84 Å². The van der Waals surface area contributed by atoms with E-state index >= 15 is 0 Å². The zero-order valence-corrected chi connectivity index (χ0v) is 19.5. The summed E-state index contributed by atoms with van der Waals surface area (Å²) in [5, 5.41) is 9.63. The normalized spacial score (nSPS) is 11.8. The number of aromatic nitrogens is 4. The fourth-order valence-electron chi connectivity index (χ4n) is 3.82. The molecule has 2 heterocycles. The van der Waals surface area contributed by atoms with Crippen molar-refractivity contribution in [3.8, 4) is 11.1 Å². The van der Waals surface area contributed by atoms with Crippen LogP contribution >= 0.6 is 11.6 Å². The van der Waals surface area contributed by atoms with Gasteiger partial charge in [0.2, 0.25) is 0 Å². The van der Waals surface area contributed by atoms with E-state index < -0.39 is 9.84 Å². The molecule has 0 bridgehead atoms. The van der Waals surface area contributed by atoms with Crippen molar-refractivity contribution < 1.29 is 8.42 Å². The summed E-state index contributed by atoms with van der Waals surface area (Å²) in [4.78, 5) is 7.05. The van der Waals surface area contributed by atoms with Crippen LogP contribution in [0.2, 0.25) is 5.02 Å². The molecule has 5 rings (SSSR count). The molecule has 33 heavy (non-hydrogen) atoms. The van der Waals surface area contributed by atoms with Crippen molar-refractivity contribution in [3.05, 3.63) is 78.1 Å². The van der Waals surface area contributed by atoms with Gasteiger partial charge < -0.3 is 4.90 Å². The minimum atomic E-state index is -3.23. The second-order valence-electron chi connectivity index (χ2n) is 7.63. The molecule has 0 saturated heterocycles. The molecule has 0 spiro atoms. The van der Waals surface area contributed by atoms with Crippen LogP contribution in [0, 0.1) is 0 Å². The molecule has 2 aromatic heterocycles. The molecule has 5 aromatic rings. The quantitative estimate of drug-likeness (QED) is 0.348. The summed E-state index contributed by atoms with van der Waals surface area (Å²) in [5.74, 6) is 1.29. The van der Waals surface area contributed by atoms with E-state index in [0.717, 1.165) is 33.5 Å². The first-order valence-electron chi connectivity index (χ1n) is 10.3. The highest BCUT2D eigenvalue weighted by molar-refractivity contribution is 7.91. The third-order valence-corrected chi connectivity index (χ3v) is 7.66. The van der Waals surface area contributed by atoms with Crippen molar-refractivity contribution in [3.63, 3.8) is 0 Å². The lowest BCUT2D eigenvalue weighted by atomic mass is 10.0. The van der Waals surface area contributed by atoms with E-state index in [9.17, 15) is 8.42 Å². The predicted molar refractivity (Wildman–Crippen MR) is 131 cm³/mol. The highest BCUT2D eigenvalue weighted by atomic mass is 35.5. The monoisotopic (exact) mass is 477 g/mol. The van der Waals surface area contributed by atoms with Gasteiger partial charge in [-0.1, -0.05) is 42.8 Å². The zero-order valence-electron chi connectivity index (χ0n) is 18.0. The summed E-state index contributed by atoms with van der Waals surface area (Å²) in [7, 11) is -1.29. The molecule has 0 aliphatic carbocycles. The molecule has 0 atom stereocenters. The lowest BCUT2D eigenvalue weighted by molar-refractivity contribution is 0.597.